The molecule has 0 bridgehead atoms. The van der Waals surface area contributed by atoms with Gasteiger partial charge in [-0.3, -0.25) is 9.89 Å². The summed E-state index contributed by atoms with van der Waals surface area (Å²) in [6.07, 6.45) is 3.13. The minimum atomic E-state index is -2.88. The lowest BCUT2D eigenvalue weighted by atomic mass is 9.96. The summed E-state index contributed by atoms with van der Waals surface area (Å²) in [6.45, 7) is 3.11. The number of carbonyl (C=O) groups excluding carboxylic acids is 1. The molecule has 0 fully saturated rings. The van der Waals surface area contributed by atoms with Gasteiger partial charge in [-0.15, -0.1) is 11.3 Å². The molecule has 0 saturated carbocycles. The molecule has 0 unspecified atom stereocenters. The third-order valence-corrected chi connectivity index (χ3v) is 5.91. The predicted molar refractivity (Wildman–Crippen MR) is 94.9 cm³/mol. The Labute approximate surface area is 153 Å². The zero-order valence-electron chi connectivity index (χ0n) is 14.5. The van der Waals surface area contributed by atoms with E-state index >= 15 is 0 Å². The van der Waals surface area contributed by atoms with Gasteiger partial charge in [0.1, 0.15) is 4.88 Å². The fourth-order valence-corrected chi connectivity index (χ4v) is 5.05. The van der Waals surface area contributed by atoms with E-state index in [1.54, 1.807) is 31.1 Å². The van der Waals surface area contributed by atoms with Gasteiger partial charge in [-0.25, -0.2) is 8.78 Å². The summed E-state index contributed by atoms with van der Waals surface area (Å²) in [6, 6.07) is -0.402. The van der Waals surface area contributed by atoms with Crippen LogP contribution < -0.4 is 10.2 Å². The highest BCUT2D eigenvalue weighted by Crippen LogP contribution is 2.48. The standard InChI is InChI=1S/C17H20F2N4O2S/c1-16(2,25)3-10-7-23-8-17(18,19)4-11-12(23)14(15(24)22-10)26-13(11)9-5-20-21-6-9/h5-6,10,25H,3-4,7-8H2,1-2H3,(H,20,21)(H,22,24)/t10-/m1/s1. The van der Waals surface area contributed by atoms with E-state index < -0.39 is 24.1 Å². The number of alkyl halides is 2. The number of hydrogen-bond acceptors (Lipinski definition) is 5. The molecule has 9 heteroatoms. The van der Waals surface area contributed by atoms with E-state index in [1.807, 2.05) is 0 Å². The first-order chi connectivity index (χ1) is 12.1. The molecule has 2 aliphatic heterocycles. The summed E-state index contributed by atoms with van der Waals surface area (Å²) in [5, 5.41) is 19.6. The van der Waals surface area contributed by atoms with Gasteiger partial charge in [0.05, 0.1) is 24.0 Å². The molecule has 2 aromatic heterocycles. The molecule has 4 heterocycles. The van der Waals surface area contributed by atoms with Crippen LogP contribution >= 0.6 is 11.3 Å². The van der Waals surface area contributed by atoms with Crippen molar-refractivity contribution in [1.82, 2.24) is 15.5 Å². The molecule has 0 radical (unpaired) electrons. The number of aromatic amines is 1. The molecule has 140 valence electrons. The number of H-pyrrole nitrogens is 1. The van der Waals surface area contributed by atoms with E-state index in [-0.39, 0.29) is 18.9 Å². The number of aromatic nitrogens is 2. The molecule has 26 heavy (non-hydrogen) atoms. The van der Waals surface area contributed by atoms with E-state index in [9.17, 15) is 18.7 Å². The summed E-state index contributed by atoms with van der Waals surface area (Å²) >= 11 is 1.22. The number of nitrogens with zero attached hydrogens (tertiary/aromatic N) is 2. The van der Waals surface area contributed by atoms with Crippen molar-refractivity contribution < 1.29 is 18.7 Å². The van der Waals surface area contributed by atoms with Crippen LogP contribution in [0.25, 0.3) is 10.4 Å². The Morgan fingerprint density at radius 3 is 2.88 bits per heavy atom. The fraction of sp³-hybridized carbons (Fsp3) is 0.529. The molecule has 2 aliphatic rings. The number of nitrogens with one attached hydrogen (secondary N) is 2. The highest BCUT2D eigenvalue weighted by molar-refractivity contribution is 7.18. The Kier molecular flexibility index (Phi) is 3.85. The SMILES string of the molecule is CC(C)(O)C[C@@H]1CN2CC(F)(F)Cc3c(-c4cn[nH]c4)sc(c32)C(=O)N1. The maximum Gasteiger partial charge on any atom is 0.269 e. The summed E-state index contributed by atoms with van der Waals surface area (Å²) in [4.78, 5) is 15.5. The largest absolute Gasteiger partial charge is 0.390 e. The molecule has 4 rings (SSSR count). The van der Waals surface area contributed by atoms with Crippen LogP contribution in [0.4, 0.5) is 14.5 Å². The van der Waals surface area contributed by atoms with Gasteiger partial charge >= 0.3 is 0 Å². The second kappa shape index (κ2) is 5.75. The Morgan fingerprint density at radius 1 is 1.46 bits per heavy atom. The van der Waals surface area contributed by atoms with Gasteiger partial charge in [0.15, 0.2) is 0 Å². The van der Waals surface area contributed by atoms with Crippen LogP contribution in [0.2, 0.25) is 0 Å². The monoisotopic (exact) mass is 382 g/mol. The third-order valence-electron chi connectivity index (χ3n) is 4.64. The van der Waals surface area contributed by atoms with Crippen LogP contribution in [0.15, 0.2) is 12.4 Å². The topological polar surface area (TPSA) is 81.2 Å². The third kappa shape index (κ3) is 3.09. The molecule has 0 aliphatic carbocycles. The van der Waals surface area contributed by atoms with Gasteiger partial charge in [0.2, 0.25) is 0 Å². The Bertz CT molecular complexity index is 842. The van der Waals surface area contributed by atoms with Gasteiger partial charge < -0.3 is 15.3 Å². The van der Waals surface area contributed by atoms with Crippen molar-refractivity contribution in [2.75, 3.05) is 18.0 Å². The molecule has 2 aromatic rings. The zero-order chi connectivity index (χ0) is 18.7. The number of anilines is 1. The summed E-state index contributed by atoms with van der Waals surface area (Å²) in [7, 11) is 0. The number of amides is 1. The smallest absolute Gasteiger partial charge is 0.269 e. The maximum atomic E-state index is 14.5. The number of carbonyl (C=O) groups is 1. The van der Waals surface area contributed by atoms with Crippen LogP contribution in [0.5, 0.6) is 0 Å². The van der Waals surface area contributed by atoms with Gasteiger partial charge in [-0.1, -0.05) is 0 Å². The van der Waals surface area contributed by atoms with Crippen LogP contribution in [-0.4, -0.2) is 51.9 Å². The second-order valence-corrected chi connectivity index (χ2v) is 8.70. The van der Waals surface area contributed by atoms with Crippen molar-refractivity contribution in [3.63, 3.8) is 0 Å². The lowest BCUT2D eigenvalue weighted by Crippen LogP contribution is -2.49. The van der Waals surface area contributed by atoms with Crippen molar-refractivity contribution in [3.05, 3.63) is 22.8 Å². The fourth-order valence-electron chi connectivity index (χ4n) is 3.83. The van der Waals surface area contributed by atoms with E-state index in [4.69, 9.17) is 0 Å². The molecule has 1 atom stereocenters. The first-order valence-corrected chi connectivity index (χ1v) is 9.25. The van der Waals surface area contributed by atoms with Crippen LogP contribution in [0, 0.1) is 0 Å². The summed E-state index contributed by atoms with van der Waals surface area (Å²) < 4.78 is 28.9. The maximum absolute atomic E-state index is 14.5. The predicted octanol–water partition coefficient (Wildman–Crippen LogP) is 2.41. The van der Waals surface area contributed by atoms with Crippen molar-refractivity contribution >= 4 is 22.9 Å². The Hall–Kier alpha value is -2.00. The summed E-state index contributed by atoms with van der Waals surface area (Å²) in [5.41, 5.74) is 0.810. The normalized spacial score (nSPS) is 22.0. The number of rotatable bonds is 3. The lowest BCUT2D eigenvalue weighted by Gasteiger charge is -2.36. The van der Waals surface area contributed by atoms with Crippen molar-refractivity contribution in [3.8, 4) is 10.4 Å². The molecule has 0 aromatic carbocycles. The van der Waals surface area contributed by atoms with E-state index in [2.05, 4.69) is 15.5 Å². The van der Waals surface area contributed by atoms with Gasteiger partial charge in [0, 0.05) is 41.2 Å². The molecular weight excluding hydrogens is 362 g/mol. The molecule has 3 N–H and O–H groups in total. The molecule has 6 nitrogen and oxygen atoms in total. The van der Waals surface area contributed by atoms with Crippen molar-refractivity contribution in [2.24, 2.45) is 0 Å². The number of aliphatic hydroxyl groups is 1. The zero-order valence-corrected chi connectivity index (χ0v) is 15.3. The van der Waals surface area contributed by atoms with Crippen LogP contribution in [-0.2, 0) is 6.42 Å². The minimum Gasteiger partial charge on any atom is -0.390 e. The van der Waals surface area contributed by atoms with Gasteiger partial charge in [-0.2, -0.15) is 5.10 Å². The van der Waals surface area contributed by atoms with Crippen molar-refractivity contribution in [2.45, 2.75) is 44.3 Å². The highest BCUT2D eigenvalue weighted by Gasteiger charge is 2.45. The molecular formula is C17H20F2N4O2S. The van der Waals surface area contributed by atoms with E-state index in [0.29, 0.717) is 33.0 Å². The summed E-state index contributed by atoms with van der Waals surface area (Å²) in [5.74, 6) is -3.15. The second-order valence-electron chi connectivity index (χ2n) is 7.67. The van der Waals surface area contributed by atoms with Gasteiger partial charge in [-0.05, 0) is 20.3 Å². The average molecular weight is 382 g/mol. The molecule has 0 spiro atoms. The molecule has 0 saturated heterocycles. The molecule has 1 amide bonds. The van der Waals surface area contributed by atoms with E-state index in [1.165, 1.54) is 11.3 Å². The highest BCUT2D eigenvalue weighted by atomic mass is 32.1. The van der Waals surface area contributed by atoms with E-state index in [0.717, 1.165) is 0 Å². The number of hydrogen-bond donors (Lipinski definition) is 3. The quantitative estimate of drug-likeness (QED) is 0.762. The first-order valence-electron chi connectivity index (χ1n) is 8.44. The Balaban J connectivity index is 1.80. The van der Waals surface area contributed by atoms with Crippen molar-refractivity contribution in [1.29, 1.82) is 0 Å². The number of thiophene rings is 1. The van der Waals surface area contributed by atoms with Gasteiger partial charge in [0.25, 0.3) is 11.8 Å². The average Bonchev–Trinajstić information content (AvgIpc) is 3.08. The first kappa shape index (κ1) is 17.4. The minimum absolute atomic E-state index is 0.243. The Morgan fingerprint density at radius 2 is 2.23 bits per heavy atom. The van der Waals surface area contributed by atoms with Crippen LogP contribution in [0.1, 0.15) is 35.5 Å². The van der Waals surface area contributed by atoms with Crippen LogP contribution in [0.3, 0.4) is 0 Å². The lowest BCUT2D eigenvalue weighted by molar-refractivity contribution is 0.00486. The number of halogens is 2.